The maximum atomic E-state index is 3.36. The quantitative estimate of drug-likeness (QED) is 0.874. The van der Waals surface area contributed by atoms with Gasteiger partial charge in [-0.2, -0.15) is 0 Å². The number of hydrogen-bond acceptors (Lipinski definition) is 2. The maximum absolute atomic E-state index is 3.36. The molecule has 1 aromatic carbocycles. The van der Waals surface area contributed by atoms with Crippen LogP contribution in [0.4, 0.5) is 0 Å². The summed E-state index contributed by atoms with van der Waals surface area (Å²) in [6.45, 7) is 3.60. The van der Waals surface area contributed by atoms with Crippen molar-refractivity contribution in [3.63, 3.8) is 0 Å². The summed E-state index contributed by atoms with van der Waals surface area (Å²) in [6.07, 6.45) is 4.02. The summed E-state index contributed by atoms with van der Waals surface area (Å²) in [7, 11) is 4.29. The average Bonchev–Trinajstić information content (AvgIpc) is 3.04. The molecular weight excluding hydrogens is 220 g/mol. The Morgan fingerprint density at radius 2 is 2.22 bits per heavy atom. The molecule has 1 saturated carbocycles. The first-order valence-corrected chi connectivity index (χ1v) is 7.17. The van der Waals surface area contributed by atoms with Crippen molar-refractivity contribution >= 4 is 0 Å². The van der Waals surface area contributed by atoms with Crippen LogP contribution in [0.2, 0.25) is 0 Å². The molecule has 2 nitrogen and oxygen atoms in total. The monoisotopic (exact) mass is 244 g/mol. The minimum Gasteiger partial charge on any atom is -0.319 e. The third kappa shape index (κ3) is 2.19. The molecule has 1 aliphatic heterocycles. The molecule has 0 aromatic heterocycles. The number of hydrogen-bond donors (Lipinski definition) is 1. The number of nitrogens with zero attached hydrogens (tertiary/aromatic N) is 1. The molecule has 98 valence electrons. The molecule has 0 spiro atoms. The highest BCUT2D eigenvalue weighted by Crippen LogP contribution is 2.48. The molecule has 0 bridgehead atoms. The van der Waals surface area contributed by atoms with Crippen molar-refractivity contribution in [1.82, 2.24) is 10.2 Å². The van der Waals surface area contributed by atoms with E-state index in [1.807, 2.05) is 0 Å². The zero-order valence-corrected chi connectivity index (χ0v) is 11.6. The Morgan fingerprint density at radius 3 is 2.83 bits per heavy atom. The third-order valence-corrected chi connectivity index (χ3v) is 4.73. The maximum Gasteiger partial charge on any atom is 0.00784 e. The molecule has 2 fully saturated rings. The Kier molecular flexibility index (Phi) is 3.16. The largest absolute Gasteiger partial charge is 0.319 e. The van der Waals surface area contributed by atoms with Crippen LogP contribution in [0.15, 0.2) is 24.3 Å². The fourth-order valence-electron chi connectivity index (χ4n) is 3.39. The average molecular weight is 244 g/mol. The van der Waals surface area contributed by atoms with Crippen molar-refractivity contribution < 1.29 is 0 Å². The Balaban J connectivity index is 1.81. The lowest BCUT2D eigenvalue weighted by Crippen LogP contribution is -2.23. The van der Waals surface area contributed by atoms with Gasteiger partial charge in [0.1, 0.15) is 0 Å². The first kappa shape index (κ1) is 12.2. The molecule has 2 aliphatic rings. The fourth-order valence-corrected chi connectivity index (χ4v) is 3.39. The van der Waals surface area contributed by atoms with Gasteiger partial charge in [-0.1, -0.05) is 24.3 Å². The van der Waals surface area contributed by atoms with Crippen LogP contribution in [0.5, 0.6) is 0 Å². The Bertz CT molecular complexity index is 423. The SMILES string of the molecule is CNCC1(c2cccc(C3CCN(C)C3)c2)CC1. The number of benzene rings is 1. The molecule has 1 N–H and O–H groups in total. The van der Waals surface area contributed by atoms with Crippen LogP contribution in [-0.4, -0.2) is 38.6 Å². The molecule has 0 radical (unpaired) electrons. The molecule has 1 unspecified atom stereocenters. The van der Waals surface area contributed by atoms with Gasteiger partial charge in [-0.05, 0) is 56.9 Å². The van der Waals surface area contributed by atoms with Crippen molar-refractivity contribution in [2.75, 3.05) is 33.7 Å². The molecule has 2 heteroatoms. The van der Waals surface area contributed by atoms with Crippen molar-refractivity contribution in [2.45, 2.75) is 30.6 Å². The fraction of sp³-hybridized carbons (Fsp3) is 0.625. The van der Waals surface area contributed by atoms with Gasteiger partial charge in [-0.15, -0.1) is 0 Å². The van der Waals surface area contributed by atoms with E-state index in [1.54, 1.807) is 11.1 Å². The molecule has 0 amide bonds. The number of likely N-dealkylation sites (N-methyl/N-ethyl adjacent to an activating group) is 2. The van der Waals surface area contributed by atoms with E-state index in [0.717, 1.165) is 12.5 Å². The van der Waals surface area contributed by atoms with Crippen LogP contribution < -0.4 is 5.32 Å². The summed E-state index contributed by atoms with van der Waals surface area (Å²) in [5.41, 5.74) is 3.57. The smallest absolute Gasteiger partial charge is 0.00784 e. The van der Waals surface area contributed by atoms with Gasteiger partial charge in [0.05, 0.1) is 0 Å². The lowest BCUT2D eigenvalue weighted by molar-refractivity contribution is 0.411. The van der Waals surface area contributed by atoms with Crippen molar-refractivity contribution in [2.24, 2.45) is 0 Å². The van der Waals surface area contributed by atoms with Crippen LogP contribution in [0.1, 0.15) is 36.3 Å². The first-order valence-electron chi connectivity index (χ1n) is 7.17. The van der Waals surface area contributed by atoms with Gasteiger partial charge >= 0.3 is 0 Å². The van der Waals surface area contributed by atoms with E-state index in [-0.39, 0.29) is 0 Å². The zero-order valence-electron chi connectivity index (χ0n) is 11.6. The second-order valence-corrected chi connectivity index (χ2v) is 6.18. The summed E-state index contributed by atoms with van der Waals surface area (Å²) in [5, 5.41) is 3.36. The van der Waals surface area contributed by atoms with E-state index in [9.17, 15) is 0 Å². The van der Waals surface area contributed by atoms with Gasteiger partial charge in [0, 0.05) is 18.5 Å². The summed E-state index contributed by atoms with van der Waals surface area (Å²) in [6, 6.07) is 9.39. The summed E-state index contributed by atoms with van der Waals surface area (Å²) in [5.74, 6) is 0.750. The Labute approximate surface area is 110 Å². The van der Waals surface area contributed by atoms with E-state index < -0.39 is 0 Å². The van der Waals surface area contributed by atoms with Gasteiger partial charge in [-0.3, -0.25) is 0 Å². The first-order chi connectivity index (χ1) is 8.73. The molecule has 1 aromatic rings. The summed E-state index contributed by atoms with van der Waals surface area (Å²) in [4.78, 5) is 2.44. The predicted octanol–water partition coefficient (Wildman–Crippen LogP) is 2.36. The third-order valence-electron chi connectivity index (χ3n) is 4.73. The minimum absolute atomic E-state index is 0.454. The normalized spacial score (nSPS) is 26.4. The highest BCUT2D eigenvalue weighted by atomic mass is 15.1. The van der Waals surface area contributed by atoms with Gasteiger partial charge in [0.2, 0.25) is 0 Å². The van der Waals surface area contributed by atoms with Crippen LogP contribution >= 0.6 is 0 Å². The second kappa shape index (κ2) is 4.67. The summed E-state index contributed by atoms with van der Waals surface area (Å²) < 4.78 is 0. The molecule has 1 aliphatic carbocycles. The summed E-state index contributed by atoms with van der Waals surface area (Å²) >= 11 is 0. The van der Waals surface area contributed by atoms with Crippen molar-refractivity contribution in [3.05, 3.63) is 35.4 Å². The van der Waals surface area contributed by atoms with Crippen LogP contribution in [0.25, 0.3) is 0 Å². The van der Waals surface area contributed by atoms with E-state index in [4.69, 9.17) is 0 Å². The van der Waals surface area contributed by atoms with Crippen LogP contribution in [0, 0.1) is 0 Å². The van der Waals surface area contributed by atoms with Gasteiger partial charge in [-0.25, -0.2) is 0 Å². The van der Waals surface area contributed by atoms with E-state index in [0.29, 0.717) is 5.41 Å². The highest BCUT2D eigenvalue weighted by Gasteiger charge is 2.43. The predicted molar refractivity (Wildman–Crippen MR) is 76.1 cm³/mol. The Hall–Kier alpha value is -0.860. The molecule has 1 atom stereocenters. The van der Waals surface area contributed by atoms with Gasteiger partial charge < -0.3 is 10.2 Å². The van der Waals surface area contributed by atoms with Gasteiger partial charge in [0.15, 0.2) is 0 Å². The van der Waals surface area contributed by atoms with E-state index in [1.165, 1.54) is 32.4 Å². The van der Waals surface area contributed by atoms with Crippen LogP contribution in [-0.2, 0) is 5.41 Å². The van der Waals surface area contributed by atoms with E-state index in [2.05, 4.69) is 48.6 Å². The lowest BCUT2D eigenvalue weighted by atomic mass is 9.90. The second-order valence-electron chi connectivity index (χ2n) is 6.18. The lowest BCUT2D eigenvalue weighted by Gasteiger charge is -2.18. The number of nitrogens with one attached hydrogen (secondary N) is 1. The molecular formula is C16H24N2. The molecule has 18 heavy (non-hydrogen) atoms. The van der Waals surface area contributed by atoms with Crippen molar-refractivity contribution in [1.29, 1.82) is 0 Å². The molecule has 1 heterocycles. The molecule has 1 saturated heterocycles. The number of rotatable bonds is 4. The topological polar surface area (TPSA) is 15.3 Å². The van der Waals surface area contributed by atoms with Crippen LogP contribution in [0.3, 0.4) is 0 Å². The standard InChI is InChI=1S/C16H24N2/c1-17-12-16(7-8-16)15-5-3-4-13(10-15)14-6-9-18(2)11-14/h3-5,10,14,17H,6-9,11-12H2,1-2H3. The Morgan fingerprint density at radius 1 is 1.39 bits per heavy atom. The zero-order chi connectivity index (χ0) is 12.6. The highest BCUT2D eigenvalue weighted by molar-refractivity contribution is 5.37. The van der Waals surface area contributed by atoms with E-state index >= 15 is 0 Å². The minimum atomic E-state index is 0.454. The molecule has 3 rings (SSSR count). The van der Waals surface area contributed by atoms with Crippen molar-refractivity contribution in [3.8, 4) is 0 Å². The van der Waals surface area contributed by atoms with Gasteiger partial charge in [0.25, 0.3) is 0 Å². The number of likely N-dealkylation sites (tertiary alicyclic amines) is 1.